The molecule has 1 unspecified atom stereocenters. The Kier molecular flexibility index (Phi) is 6.54. The van der Waals surface area contributed by atoms with Gasteiger partial charge in [-0.2, -0.15) is 11.8 Å². The van der Waals surface area contributed by atoms with Gasteiger partial charge < -0.3 is 10.6 Å². The number of halogens is 1. The summed E-state index contributed by atoms with van der Waals surface area (Å²) in [4.78, 5) is 11.9. The second kappa shape index (κ2) is 7.41. The van der Waals surface area contributed by atoms with E-state index in [1.165, 1.54) is 6.42 Å². The molecular formula is C11H21ClN2OS. The van der Waals surface area contributed by atoms with Gasteiger partial charge in [-0.25, -0.2) is 0 Å². The van der Waals surface area contributed by atoms with E-state index in [4.69, 9.17) is 0 Å². The maximum Gasteiger partial charge on any atom is 0.223 e. The first-order valence-corrected chi connectivity index (χ1v) is 7.10. The van der Waals surface area contributed by atoms with Crippen LogP contribution in [0.1, 0.15) is 25.7 Å². The van der Waals surface area contributed by atoms with E-state index in [1.807, 2.05) is 11.8 Å². The molecule has 0 spiro atoms. The largest absolute Gasteiger partial charge is 0.352 e. The van der Waals surface area contributed by atoms with Gasteiger partial charge in [0.2, 0.25) is 5.91 Å². The van der Waals surface area contributed by atoms with Crippen LogP contribution in [0.2, 0.25) is 0 Å². The van der Waals surface area contributed by atoms with Crippen molar-refractivity contribution in [1.82, 2.24) is 10.6 Å². The van der Waals surface area contributed by atoms with Crippen LogP contribution in [0, 0.1) is 5.92 Å². The van der Waals surface area contributed by atoms with Gasteiger partial charge in [-0.15, -0.1) is 12.4 Å². The summed E-state index contributed by atoms with van der Waals surface area (Å²) in [6.07, 6.45) is 4.46. The van der Waals surface area contributed by atoms with Crippen molar-refractivity contribution in [2.24, 2.45) is 5.92 Å². The molecule has 2 heterocycles. The molecule has 0 bridgehead atoms. The van der Waals surface area contributed by atoms with E-state index in [2.05, 4.69) is 10.6 Å². The lowest BCUT2D eigenvalue weighted by Gasteiger charge is -2.27. The fraction of sp³-hybridized carbons (Fsp3) is 0.909. The minimum Gasteiger partial charge on any atom is -0.352 e. The van der Waals surface area contributed by atoms with Crippen LogP contribution < -0.4 is 10.6 Å². The minimum atomic E-state index is 0. The number of hydrogen-bond donors (Lipinski definition) is 2. The zero-order chi connectivity index (χ0) is 10.5. The molecule has 2 fully saturated rings. The first kappa shape index (κ1) is 14.1. The lowest BCUT2D eigenvalue weighted by Crippen LogP contribution is -2.47. The Morgan fingerprint density at radius 1 is 1.25 bits per heavy atom. The number of carbonyl (C=O) groups excluding carboxylic acids is 1. The molecule has 2 rings (SSSR count). The number of amides is 1. The standard InChI is InChI=1S/C11H20N2OS.ClH/c14-11(9-3-6-15-7-4-9)13-10-2-1-5-12-8-10;/h9-10,12H,1-8H2,(H,13,14);1H. The summed E-state index contributed by atoms with van der Waals surface area (Å²) in [6.45, 7) is 2.06. The van der Waals surface area contributed by atoms with Gasteiger partial charge in [0, 0.05) is 18.5 Å². The highest BCUT2D eigenvalue weighted by atomic mass is 35.5. The molecule has 5 heteroatoms. The van der Waals surface area contributed by atoms with E-state index in [0.717, 1.165) is 43.9 Å². The van der Waals surface area contributed by atoms with E-state index >= 15 is 0 Å². The normalized spacial score (nSPS) is 26.9. The van der Waals surface area contributed by atoms with Crippen molar-refractivity contribution in [1.29, 1.82) is 0 Å². The van der Waals surface area contributed by atoms with E-state index in [9.17, 15) is 4.79 Å². The van der Waals surface area contributed by atoms with Gasteiger partial charge >= 0.3 is 0 Å². The Hall–Kier alpha value is 0.0700. The summed E-state index contributed by atoms with van der Waals surface area (Å²) in [5, 5.41) is 6.50. The highest BCUT2D eigenvalue weighted by Crippen LogP contribution is 2.22. The topological polar surface area (TPSA) is 41.1 Å². The maximum absolute atomic E-state index is 11.9. The molecule has 2 aliphatic heterocycles. The predicted octanol–water partition coefficient (Wildman–Crippen LogP) is 1.42. The molecule has 0 aromatic carbocycles. The highest BCUT2D eigenvalue weighted by molar-refractivity contribution is 7.99. The molecule has 0 aliphatic carbocycles. The highest BCUT2D eigenvalue weighted by Gasteiger charge is 2.24. The van der Waals surface area contributed by atoms with Crippen LogP contribution in [-0.4, -0.2) is 36.5 Å². The number of nitrogens with one attached hydrogen (secondary N) is 2. The average Bonchev–Trinajstić information content (AvgIpc) is 2.31. The summed E-state index contributed by atoms with van der Waals surface area (Å²) in [7, 11) is 0. The van der Waals surface area contributed by atoms with E-state index in [-0.39, 0.29) is 18.3 Å². The third-order valence-corrected chi connectivity index (χ3v) is 4.28. The van der Waals surface area contributed by atoms with Gasteiger partial charge in [-0.3, -0.25) is 4.79 Å². The molecule has 1 amide bonds. The molecule has 2 saturated heterocycles. The summed E-state index contributed by atoms with van der Waals surface area (Å²) in [5.74, 6) is 2.89. The number of carbonyl (C=O) groups is 1. The Morgan fingerprint density at radius 3 is 2.62 bits per heavy atom. The van der Waals surface area contributed by atoms with Crippen molar-refractivity contribution < 1.29 is 4.79 Å². The lowest BCUT2D eigenvalue weighted by molar-refractivity contribution is -0.126. The van der Waals surface area contributed by atoms with Crippen molar-refractivity contribution in [2.75, 3.05) is 24.6 Å². The Morgan fingerprint density at radius 2 is 2.00 bits per heavy atom. The minimum absolute atomic E-state index is 0. The van der Waals surface area contributed by atoms with E-state index in [0.29, 0.717) is 11.9 Å². The quantitative estimate of drug-likeness (QED) is 0.793. The summed E-state index contributed by atoms with van der Waals surface area (Å²) >= 11 is 1.97. The maximum atomic E-state index is 11.9. The molecule has 0 radical (unpaired) electrons. The molecule has 3 nitrogen and oxygen atoms in total. The van der Waals surface area contributed by atoms with Gasteiger partial charge in [0.1, 0.15) is 0 Å². The number of rotatable bonds is 2. The van der Waals surface area contributed by atoms with Crippen molar-refractivity contribution in [3.8, 4) is 0 Å². The average molecular weight is 265 g/mol. The zero-order valence-corrected chi connectivity index (χ0v) is 11.2. The fourth-order valence-electron chi connectivity index (χ4n) is 2.25. The third-order valence-electron chi connectivity index (χ3n) is 3.24. The van der Waals surface area contributed by atoms with Crippen molar-refractivity contribution in [2.45, 2.75) is 31.7 Å². The third kappa shape index (κ3) is 4.15. The van der Waals surface area contributed by atoms with Gasteiger partial charge in [-0.1, -0.05) is 0 Å². The molecule has 0 aromatic rings. The second-order valence-corrected chi connectivity index (χ2v) is 5.66. The molecule has 2 aliphatic rings. The van der Waals surface area contributed by atoms with Crippen LogP contribution in [0.5, 0.6) is 0 Å². The van der Waals surface area contributed by atoms with Gasteiger partial charge in [-0.05, 0) is 43.7 Å². The van der Waals surface area contributed by atoms with E-state index < -0.39 is 0 Å². The molecule has 16 heavy (non-hydrogen) atoms. The number of piperidine rings is 1. The molecule has 1 atom stereocenters. The van der Waals surface area contributed by atoms with Crippen LogP contribution in [0.15, 0.2) is 0 Å². The Bertz CT molecular complexity index is 216. The SMILES string of the molecule is Cl.O=C(NC1CCCNC1)C1CCSCC1. The monoisotopic (exact) mass is 264 g/mol. The predicted molar refractivity (Wildman–Crippen MR) is 71.3 cm³/mol. The Balaban J connectivity index is 0.00000128. The van der Waals surface area contributed by atoms with Gasteiger partial charge in [0.25, 0.3) is 0 Å². The Labute approximate surface area is 108 Å². The summed E-state index contributed by atoms with van der Waals surface area (Å²) in [6, 6.07) is 0.376. The van der Waals surface area contributed by atoms with E-state index in [1.54, 1.807) is 0 Å². The van der Waals surface area contributed by atoms with Crippen LogP contribution in [0.3, 0.4) is 0 Å². The van der Waals surface area contributed by atoms with Crippen LogP contribution in [0.25, 0.3) is 0 Å². The number of thioether (sulfide) groups is 1. The van der Waals surface area contributed by atoms with Crippen molar-refractivity contribution in [3.63, 3.8) is 0 Å². The molecule has 94 valence electrons. The second-order valence-electron chi connectivity index (χ2n) is 4.44. The van der Waals surface area contributed by atoms with Crippen LogP contribution in [-0.2, 0) is 4.79 Å². The molecular weight excluding hydrogens is 244 g/mol. The fourth-order valence-corrected chi connectivity index (χ4v) is 3.36. The summed E-state index contributed by atoms with van der Waals surface area (Å²) < 4.78 is 0. The van der Waals surface area contributed by atoms with Gasteiger partial charge in [0.05, 0.1) is 0 Å². The van der Waals surface area contributed by atoms with Crippen LogP contribution in [0.4, 0.5) is 0 Å². The number of hydrogen-bond acceptors (Lipinski definition) is 3. The summed E-state index contributed by atoms with van der Waals surface area (Å²) in [5.41, 5.74) is 0. The molecule has 2 N–H and O–H groups in total. The smallest absolute Gasteiger partial charge is 0.223 e. The first-order chi connectivity index (χ1) is 7.36. The van der Waals surface area contributed by atoms with Gasteiger partial charge in [0.15, 0.2) is 0 Å². The first-order valence-electron chi connectivity index (χ1n) is 5.95. The zero-order valence-electron chi connectivity index (χ0n) is 9.54. The molecule has 0 saturated carbocycles. The lowest BCUT2D eigenvalue weighted by atomic mass is 10.0. The van der Waals surface area contributed by atoms with Crippen LogP contribution >= 0.6 is 24.2 Å². The molecule has 0 aromatic heterocycles. The van der Waals surface area contributed by atoms with Crippen molar-refractivity contribution in [3.05, 3.63) is 0 Å². The van der Waals surface area contributed by atoms with Crippen molar-refractivity contribution >= 4 is 30.1 Å².